The van der Waals surface area contributed by atoms with Gasteiger partial charge in [0.25, 0.3) is 0 Å². The summed E-state index contributed by atoms with van der Waals surface area (Å²) < 4.78 is 12.5. The molecule has 0 aliphatic carbocycles. The van der Waals surface area contributed by atoms with E-state index in [1.807, 2.05) is 0 Å². The van der Waals surface area contributed by atoms with Gasteiger partial charge < -0.3 is 0 Å². The Morgan fingerprint density at radius 1 is 0.314 bits per heavy atom. The Bertz CT molecular complexity index is 3040. The van der Waals surface area contributed by atoms with E-state index in [9.17, 15) is 0 Å². The van der Waals surface area contributed by atoms with Gasteiger partial charge in [-0.3, -0.25) is 0 Å². The van der Waals surface area contributed by atoms with Crippen molar-refractivity contribution in [2.75, 3.05) is 0 Å². The van der Waals surface area contributed by atoms with E-state index >= 15 is 0 Å². The highest BCUT2D eigenvalue weighted by Crippen LogP contribution is 2.30. The van der Waals surface area contributed by atoms with Crippen LogP contribution in [0.3, 0.4) is 0 Å². The minimum atomic E-state index is -2.53. The van der Waals surface area contributed by atoms with Crippen molar-refractivity contribution in [1.82, 2.24) is 29.7 Å². The first-order chi connectivity index (χ1) is 33.6. The van der Waals surface area contributed by atoms with Crippen LogP contribution in [0.4, 0.5) is 0 Å². The largest absolute Gasteiger partial charge is 0.665 e. The van der Waals surface area contributed by atoms with Gasteiger partial charge >= 0.3 is 6.55 Å². The fraction of sp³-hybridized carbons (Fsp3) is 0.200. The molecule has 0 aliphatic rings. The Balaban J connectivity index is 1.33. The summed E-state index contributed by atoms with van der Waals surface area (Å²) in [7, 11) is 0. The van der Waals surface area contributed by atoms with E-state index in [2.05, 4.69) is 303 Å². The molecule has 0 radical (unpaired) electrons. The lowest BCUT2D eigenvalue weighted by atomic mass is 9.53. The van der Waals surface area contributed by atoms with E-state index in [1.54, 1.807) is 0 Å². The molecule has 7 aromatic carbocycles. The van der Waals surface area contributed by atoms with Crippen molar-refractivity contribution in [3.05, 3.63) is 229 Å². The van der Waals surface area contributed by atoms with Gasteiger partial charge in [0, 0.05) is 16.7 Å². The maximum atomic E-state index is 5.72. The van der Waals surface area contributed by atoms with E-state index in [0.717, 1.165) is 56.3 Å². The fourth-order valence-corrected chi connectivity index (χ4v) is 9.43. The third-order valence-corrected chi connectivity index (χ3v) is 13.5. The number of rotatable bonds is 10. The van der Waals surface area contributed by atoms with Gasteiger partial charge in [0.05, 0.1) is 15.6 Å². The number of aromatic nitrogens is 9. The zero-order chi connectivity index (χ0) is 48.8. The highest BCUT2D eigenvalue weighted by Gasteiger charge is 2.59. The summed E-state index contributed by atoms with van der Waals surface area (Å²) in [6.07, 6.45) is 6.50. The molecular formula is C60H62BN9+2. The lowest BCUT2D eigenvalue weighted by molar-refractivity contribution is -0.863. The number of hydrogen-bond acceptors (Lipinski definition) is 3. The summed E-state index contributed by atoms with van der Waals surface area (Å²) in [5, 5.41) is 17.2. The van der Waals surface area contributed by atoms with Crippen molar-refractivity contribution in [1.29, 1.82) is 0 Å². The van der Waals surface area contributed by atoms with Crippen molar-refractivity contribution in [3.8, 4) is 50.8 Å². The van der Waals surface area contributed by atoms with Gasteiger partial charge in [0.15, 0.2) is 34.1 Å². The molecule has 0 N–H and O–H groups in total. The Kier molecular flexibility index (Phi) is 11.7. The van der Waals surface area contributed by atoms with E-state index in [1.165, 1.54) is 16.7 Å². The topological polar surface area (TPSA) is 65.1 Å². The molecule has 70 heavy (non-hydrogen) atoms. The first-order valence-corrected chi connectivity index (χ1v) is 24.4. The first-order valence-electron chi connectivity index (χ1n) is 24.4. The molecule has 348 valence electrons. The molecule has 0 bridgehead atoms. The zero-order valence-corrected chi connectivity index (χ0v) is 41.8. The third-order valence-electron chi connectivity index (χ3n) is 13.5. The molecular weight excluding hydrogens is 858 g/mol. The summed E-state index contributed by atoms with van der Waals surface area (Å²) in [4.78, 5) is 0. The summed E-state index contributed by atoms with van der Waals surface area (Å²) in [5.41, 5.74) is 13.2. The highest BCUT2D eigenvalue weighted by atomic mass is 15.6. The van der Waals surface area contributed by atoms with Crippen molar-refractivity contribution in [2.45, 2.75) is 78.6 Å². The van der Waals surface area contributed by atoms with Crippen LogP contribution in [-0.4, -0.2) is 36.2 Å². The van der Waals surface area contributed by atoms with Gasteiger partial charge in [-0.25, -0.2) is 13.8 Å². The minimum absolute atomic E-state index is 0.0195. The average Bonchev–Trinajstić information content (AvgIpc) is 4.14. The second-order valence-corrected chi connectivity index (χ2v) is 21.5. The minimum Gasteiger partial charge on any atom is -0.234 e. The van der Waals surface area contributed by atoms with Crippen LogP contribution in [0.5, 0.6) is 0 Å². The number of nitrogens with zero attached hydrogens (tertiary/aromatic N) is 9. The Labute approximate surface area is 412 Å². The third kappa shape index (κ3) is 8.59. The molecule has 3 heterocycles. The van der Waals surface area contributed by atoms with Crippen LogP contribution < -0.4 is 19.2 Å². The molecule has 0 atom stereocenters. The van der Waals surface area contributed by atoms with E-state index in [-0.39, 0.29) is 16.2 Å². The van der Waals surface area contributed by atoms with Crippen molar-refractivity contribution < 1.29 is 13.8 Å². The normalized spacial score (nSPS) is 12.4. The molecule has 10 rings (SSSR count). The van der Waals surface area contributed by atoms with E-state index in [4.69, 9.17) is 15.6 Å². The SMILES string of the molecule is CC(C)(C)c1ccc(-n2n[n+]([B-](c3ccccc3)([n+]3cc(-c4ccccc4)n(-c4ccc(C(C)(C)C)cc4)n3)[n+]3cc(-c4ccccc4)n(-c4ccc(C(C)(C)C)cc4)n3)cc2-c2ccccc2)cc1. The average molecular weight is 920 g/mol. The summed E-state index contributed by atoms with van der Waals surface area (Å²) in [6.45, 7) is 17.7. The molecule has 0 amide bonds. The predicted molar refractivity (Wildman–Crippen MR) is 282 cm³/mol. The van der Waals surface area contributed by atoms with Gasteiger partial charge in [0.2, 0.25) is 0 Å². The van der Waals surface area contributed by atoms with E-state index < -0.39 is 6.55 Å². The monoisotopic (exact) mass is 920 g/mol. The van der Waals surface area contributed by atoms with Crippen LogP contribution in [0, 0.1) is 0 Å². The second kappa shape index (κ2) is 17.8. The van der Waals surface area contributed by atoms with Crippen molar-refractivity contribution in [2.24, 2.45) is 0 Å². The van der Waals surface area contributed by atoms with Crippen molar-refractivity contribution >= 4 is 12.0 Å². The van der Waals surface area contributed by atoms with E-state index in [0.29, 0.717) is 0 Å². The van der Waals surface area contributed by atoms with Crippen LogP contribution in [0.15, 0.2) is 213 Å². The molecule has 0 spiro atoms. The van der Waals surface area contributed by atoms with Crippen LogP contribution in [-0.2, 0) is 16.2 Å². The quantitative estimate of drug-likeness (QED) is 0.128. The Morgan fingerprint density at radius 2 is 0.557 bits per heavy atom. The summed E-state index contributed by atoms with van der Waals surface area (Å²) in [6, 6.07) is 68.4. The molecule has 0 saturated heterocycles. The molecule has 9 nitrogen and oxygen atoms in total. The first kappa shape index (κ1) is 45.8. The van der Waals surface area contributed by atoms with Gasteiger partial charge in [0.1, 0.15) is 18.6 Å². The smallest absolute Gasteiger partial charge is 0.234 e. The lowest BCUT2D eigenvalue weighted by Crippen LogP contribution is -3.01. The molecule has 0 unspecified atom stereocenters. The number of benzene rings is 7. The summed E-state index contributed by atoms with van der Waals surface area (Å²) >= 11 is 0. The predicted octanol–water partition coefficient (Wildman–Crippen LogP) is 10.8. The lowest BCUT2D eigenvalue weighted by Gasteiger charge is -2.24. The fourth-order valence-electron chi connectivity index (χ4n) is 9.43. The van der Waals surface area contributed by atoms with Crippen LogP contribution in [0.2, 0.25) is 0 Å². The van der Waals surface area contributed by atoms with Crippen LogP contribution in [0.1, 0.15) is 79.0 Å². The second-order valence-electron chi connectivity index (χ2n) is 21.5. The van der Waals surface area contributed by atoms with Gasteiger partial charge in [-0.2, -0.15) is 0 Å². The maximum absolute atomic E-state index is 5.72. The number of hydrogen-bond donors (Lipinski definition) is 0. The van der Waals surface area contributed by atoms with Gasteiger partial charge in [-0.15, -0.1) is 0 Å². The molecule has 0 aliphatic heterocycles. The van der Waals surface area contributed by atoms with Crippen molar-refractivity contribution in [3.63, 3.8) is 0 Å². The molecule has 10 heteroatoms. The molecule has 10 aromatic rings. The Hall–Kier alpha value is -7.98. The standard InChI is InChI=1S/C60H62BN9/c1-58(2,3)48-30-36-52(37-31-48)68-55(45-22-14-10-15-23-45)42-65(62-68)61(51-28-20-13-21-29-51,66-43-56(46-24-16-11-17-25-46)69(63-66)53-38-32-49(33-39-53)59(4,5)6)67-44-57(47-26-18-12-19-27-47)70(64-67)54-40-34-50(35-41-54)60(7,8)9/h10-44H,1-9H3/q+2. The Morgan fingerprint density at radius 3 is 0.800 bits per heavy atom. The highest BCUT2D eigenvalue weighted by molar-refractivity contribution is 6.69. The summed E-state index contributed by atoms with van der Waals surface area (Å²) in [5.74, 6) is 0. The van der Waals surface area contributed by atoms with Crippen LogP contribution >= 0.6 is 0 Å². The maximum Gasteiger partial charge on any atom is 0.665 e. The zero-order valence-electron chi connectivity index (χ0n) is 41.8. The van der Waals surface area contributed by atoms with Gasteiger partial charge in [-0.1, -0.05) is 240 Å². The van der Waals surface area contributed by atoms with Gasteiger partial charge in [-0.05, 0) is 69.3 Å². The molecule has 0 fully saturated rings. The van der Waals surface area contributed by atoms with Crippen LogP contribution in [0.25, 0.3) is 50.8 Å². The molecule has 3 aromatic heterocycles. The molecule has 0 saturated carbocycles.